The summed E-state index contributed by atoms with van der Waals surface area (Å²) in [4.78, 5) is 10.7. The van der Waals surface area contributed by atoms with Crippen molar-refractivity contribution in [1.29, 1.82) is 5.26 Å². The molecule has 1 unspecified atom stereocenters. The average Bonchev–Trinajstić information content (AvgIpc) is 2.18. The van der Waals surface area contributed by atoms with E-state index >= 15 is 0 Å². The van der Waals surface area contributed by atoms with Crippen LogP contribution in [0.4, 0.5) is 0 Å². The van der Waals surface area contributed by atoms with E-state index in [4.69, 9.17) is 15.7 Å². The van der Waals surface area contributed by atoms with Gasteiger partial charge in [-0.3, -0.25) is 4.79 Å². The van der Waals surface area contributed by atoms with Crippen LogP contribution in [0.1, 0.15) is 12.5 Å². The lowest BCUT2D eigenvalue weighted by Crippen LogP contribution is -2.30. The second-order valence-corrected chi connectivity index (χ2v) is 2.80. The molecule has 0 saturated heterocycles. The van der Waals surface area contributed by atoms with Crippen molar-refractivity contribution >= 4 is 5.91 Å². The number of primary amides is 1. The molecule has 0 aromatic heterocycles. The number of hydrogen-bond donors (Lipinski definition) is 1. The van der Waals surface area contributed by atoms with E-state index in [1.165, 1.54) is 0 Å². The smallest absolute Gasteiger partial charge is 0.258 e. The Kier molecular flexibility index (Phi) is 3.08. The van der Waals surface area contributed by atoms with Gasteiger partial charge in [0.2, 0.25) is 0 Å². The first-order valence-corrected chi connectivity index (χ1v) is 4.09. The van der Waals surface area contributed by atoms with Gasteiger partial charge in [0.05, 0.1) is 11.6 Å². The van der Waals surface area contributed by atoms with E-state index in [1.807, 2.05) is 6.07 Å². The zero-order chi connectivity index (χ0) is 10.6. The maximum atomic E-state index is 10.7. The minimum absolute atomic E-state index is 0.468. The molecule has 0 aliphatic rings. The highest BCUT2D eigenvalue weighted by Crippen LogP contribution is 2.13. The van der Waals surface area contributed by atoms with Gasteiger partial charge in [0.25, 0.3) is 5.91 Å². The van der Waals surface area contributed by atoms with Crippen molar-refractivity contribution in [3.05, 3.63) is 29.8 Å². The third kappa shape index (κ3) is 2.49. The van der Waals surface area contributed by atoms with Crippen LogP contribution in [0.5, 0.6) is 5.75 Å². The minimum Gasteiger partial charge on any atom is -0.481 e. The molecule has 0 heterocycles. The number of ether oxygens (including phenoxy) is 1. The van der Waals surface area contributed by atoms with Crippen LogP contribution in [-0.4, -0.2) is 12.0 Å². The SMILES string of the molecule is CC(Oc1cccc(C#N)c1)C(N)=O. The summed E-state index contributed by atoms with van der Waals surface area (Å²) in [6.45, 7) is 1.56. The number of nitrogens with two attached hydrogens (primary N) is 1. The van der Waals surface area contributed by atoms with Gasteiger partial charge in [-0.1, -0.05) is 6.07 Å². The van der Waals surface area contributed by atoms with E-state index < -0.39 is 12.0 Å². The van der Waals surface area contributed by atoms with Crippen molar-refractivity contribution in [2.75, 3.05) is 0 Å². The second-order valence-electron chi connectivity index (χ2n) is 2.80. The normalized spacial score (nSPS) is 11.4. The van der Waals surface area contributed by atoms with Gasteiger partial charge in [-0.25, -0.2) is 0 Å². The van der Waals surface area contributed by atoms with Crippen LogP contribution >= 0.6 is 0 Å². The first-order chi connectivity index (χ1) is 6.63. The third-order valence-electron chi connectivity index (χ3n) is 1.68. The molecule has 0 saturated carbocycles. The number of amides is 1. The van der Waals surface area contributed by atoms with Crippen molar-refractivity contribution in [1.82, 2.24) is 0 Å². The first kappa shape index (κ1) is 10.1. The summed E-state index contributed by atoms with van der Waals surface area (Å²) in [5.74, 6) is -0.0669. The Balaban J connectivity index is 2.78. The Morgan fingerprint density at radius 3 is 2.93 bits per heavy atom. The molecule has 4 heteroatoms. The fourth-order valence-corrected chi connectivity index (χ4v) is 0.901. The summed E-state index contributed by atoms with van der Waals surface area (Å²) in [6.07, 6.45) is -0.691. The number of hydrogen-bond acceptors (Lipinski definition) is 3. The first-order valence-electron chi connectivity index (χ1n) is 4.09. The summed E-state index contributed by atoms with van der Waals surface area (Å²) in [5, 5.41) is 8.61. The van der Waals surface area contributed by atoms with Gasteiger partial charge in [-0.05, 0) is 25.1 Å². The van der Waals surface area contributed by atoms with Crippen molar-refractivity contribution in [3.8, 4) is 11.8 Å². The summed E-state index contributed by atoms with van der Waals surface area (Å²) in [7, 11) is 0. The van der Waals surface area contributed by atoms with Crippen LogP contribution in [-0.2, 0) is 4.79 Å². The molecule has 72 valence electrons. The van der Waals surface area contributed by atoms with E-state index in [0.717, 1.165) is 0 Å². The number of carbonyl (C=O) groups is 1. The van der Waals surface area contributed by atoms with E-state index in [1.54, 1.807) is 31.2 Å². The molecule has 0 aliphatic heterocycles. The molecular weight excluding hydrogens is 180 g/mol. The zero-order valence-corrected chi connectivity index (χ0v) is 7.73. The Bertz CT molecular complexity index is 382. The lowest BCUT2D eigenvalue weighted by Gasteiger charge is -2.10. The third-order valence-corrected chi connectivity index (χ3v) is 1.68. The summed E-state index contributed by atoms with van der Waals surface area (Å²) in [6, 6.07) is 8.53. The van der Waals surface area contributed by atoms with Gasteiger partial charge in [-0.15, -0.1) is 0 Å². The van der Waals surface area contributed by atoms with Crippen LogP contribution in [0.25, 0.3) is 0 Å². The number of benzene rings is 1. The van der Waals surface area contributed by atoms with Crippen LogP contribution in [0.3, 0.4) is 0 Å². The molecule has 4 nitrogen and oxygen atoms in total. The van der Waals surface area contributed by atoms with E-state index in [2.05, 4.69) is 0 Å². The number of carbonyl (C=O) groups excluding carboxylic acids is 1. The maximum absolute atomic E-state index is 10.7. The van der Waals surface area contributed by atoms with Gasteiger partial charge in [-0.2, -0.15) is 5.26 Å². The van der Waals surface area contributed by atoms with Crippen molar-refractivity contribution in [2.45, 2.75) is 13.0 Å². The zero-order valence-electron chi connectivity index (χ0n) is 7.73. The molecule has 14 heavy (non-hydrogen) atoms. The van der Waals surface area contributed by atoms with Gasteiger partial charge < -0.3 is 10.5 Å². The maximum Gasteiger partial charge on any atom is 0.258 e. The standard InChI is InChI=1S/C10H10N2O2/c1-7(10(12)13)14-9-4-2-3-8(5-9)6-11/h2-5,7H,1H3,(H2,12,13). The predicted octanol–water partition coefficient (Wildman–Crippen LogP) is 0.811. The Morgan fingerprint density at radius 1 is 1.64 bits per heavy atom. The molecule has 0 spiro atoms. The second kappa shape index (κ2) is 4.28. The topological polar surface area (TPSA) is 76.1 Å². The van der Waals surface area contributed by atoms with Crippen LogP contribution in [0.15, 0.2) is 24.3 Å². The molecule has 1 aromatic rings. The molecule has 1 aromatic carbocycles. The Morgan fingerprint density at radius 2 is 2.36 bits per heavy atom. The Labute approximate surface area is 81.9 Å². The van der Waals surface area contributed by atoms with Gasteiger partial charge in [0, 0.05) is 0 Å². The van der Waals surface area contributed by atoms with Crippen molar-refractivity contribution in [3.63, 3.8) is 0 Å². The highest BCUT2D eigenvalue weighted by molar-refractivity contribution is 5.78. The fraction of sp³-hybridized carbons (Fsp3) is 0.200. The average molecular weight is 190 g/mol. The highest BCUT2D eigenvalue weighted by Gasteiger charge is 2.09. The molecular formula is C10H10N2O2. The molecule has 1 atom stereocenters. The molecule has 1 amide bonds. The van der Waals surface area contributed by atoms with E-state index in [-0.39, 0.29) is 0 Å². The van der Waals surface area contributed by atoms with Crippen LogP contribution < -0.4 is 10.5 Å². The summed E-state index contributed by atoms with van der Waals surface area (Å²) < 4.78 is 5.19. The quantitative estimate of drug-likeness (QED) is 0.766. The fourth-order valence-electron chi connectivity index (χ4n) is 0.901. The number of rotatable bonds is 3. The number of nitriles is 1. The monoisotopic (exact) mass is 190 g/mol. The lowest BCUT2D eigenvalue weighted by molar-refractivity contribution is -0.123. The summed E-state index contributed by atoms with van der Waals surface area (Å²) in [5.41, 5.74) is 5.51. The van der Waals surface area contributed by atoms with Gasteiger partial charge in [0.15, 0.2) is 6.10 Å². The highest BCUT2D eigenvalue weighted by atomic mass is 16.5. The van der Waals surface area contributed by atoms with Gasteiger partial charge >= 0.3 is 0 Å². The minimum atomic E-state index is -0.691. The van der Waals surface area contributed by atoms with Gasteiger partial charge in [0.1, 0.15) is 5.75 Å². The van der Waals surface area contributed by atoms with Crippen LogP contribution in [0.2, 0.25) is 0 Å². The molecule has 0 radical (unpaired) electrons. The molecule has 2 N–H and O–H groups in total. The predicted molar refractivity (Wildman–Crippen MR) is 50.4 cm³/mol. The molecule has 1 rings (SSSR count). The molecule has 0 aliphatic carbocycles. The van der Waals surface area contributed by atoms with Crippen LogP contribution in [0, 0.1) is 11.3 Å². The van der Waals surface area contributed by atoms with Crippen molar-refractivity contribution < 1.29 is 9.53 Å². The lowest BCUT2D eigenvalue weighted by atomic mass is 10.2. The largest absolute Gasteiger partial charge is 0.481 e. The molecule has 0 fully saturated rings. The van der Waals surface area contributed by atoms with E-state index in [0.29, 0.717) is 11.3 Å². The Hall–Kier alpha value is -2.02. The summed E-state index contributed by atoms with van der Waals surface area (Å²) >= 11 is 0. The molecule has 0 bridgehead atoms. The van der Waals surface area contributed by atoms with E-state index in [9.17, 15) is 4.79 Å². The number of nitrogens with zero attached hydrogens (tertiary/aromatic N) is 1. The van der Waals surface area contributed by atoms with Crippen molar-refractivity contribution in [2.24, 2.45) is 5.73 Å².